The van der Waals surface area contributed by atoms with Gasteiger partial charge in [-0.05, 0) is 49.8 Å². The van der Waals surface area contributed by atoms with Gasteiger partial charge in [-0.1, -0.05) is 18.2 Å². The van der Waals surface area contributed by atoms with Crippen LogP contribution in [0.4, 0.5) is 5.82 Å². The molecule has 1 saturated carbocycles. The molecule has 5 heteroatoms. The molecular formula is C20H26N4O. The molecule has 1 N–H and O–H groups in total. The second kappa shape index (κ2) is 7.83. The molecule has 25 heavy (non-hydrogen) atoms. The highest BCUT2D eigenvalue weighted by atomic mass is 16.5. The number of aromatic nitrogens is 2. The lowest BCUT2D eigenvalue weighted by Crippen LogP contribution is -2.38. The van der Waals surface area contributed by atoms with E-state index in [4.69, 9.17) is 4.74 Å². The van der Waals surface area contributed by atoms with Crippen LogP contribution in [0.2, 0.25) is 0 Å². The fourth-order valence-corrected chi connectivity index (χ4v) is 3.45. The highest BCUT2D eigenvalue weighted by molar-refractivity contribution is 5.39. The highest BCUT2D eigenvalue weighted by Crippen LogP contribution is 2.30. The average Bonchev–Trinajstić information content (AvgIpc) is 3.38. The average molecular weight is 338 g/mol. The lowest BCUT2D eigenvalue weighted by molar-refractivity contribution is 0.296. The Balaban J connectivity index is 1.31. The first kappa shape index (κ1) is 16.3. The molecule has 0 bridgehead atoms. The van der Waals surface area contributed by atoms with Crippen molar-refractivity contribution in [3.05, 3.63) is 48.2 Å². The van der Waals surface area contributed by atoms with Gasteiger partial charge in [0.05, 0.1) is 6.61 Å². The van der Waals surface area contributed by atoms with E-state index in [9.17, 15) is 0 Å². The van der Waals surface area contributed by atoms with Crippen LogP contribution in [-0.2, 0) is 6.54 Å². The molecule has 1 saturated heterocycles. The first-order valence-electron chi connectivity index (χ1n) is 9.36. The standard InChI is InChI=1S/C20H26N4O/c1-2-7-19(25-15-16-9-10-16)17(5-1)13-21-14-18-6-4-12-24(18)20-8-3-11-22-23-20/h1-3,5,7-8,11,16,18,21H,4,6,9-10,12-15H2/t18-/m0/s1. The van der Waals surface area contributed by atoms with Crippen LogP contribution in [0.25, 0.3) is 0 Å². The number of nitrogens with one attached hydrogen (secondary N) is 1. The molecule has 2 aromatic rings. The van der Waals surface area contributed by atoms with E-state index in [-0.39, 0.29) is 0 Å². The number of anilines is 1. The number of rotatable bonds is 8. The van der Waals surface area contributed by atoms with Crippen LogP contribution in [-0.4, -0.2) is 35.9 Å². The van der Waals surface area contributed by atoms with Crippen molar-refractivity contribution >= 4 is 5.82 Å². The summed E-state index contributed by atoms with van der Waals surface area (Å²) in [5.41, 5.74) is 1.24. The molecule has 0 radical (unpaired) electrons. The van der Waals surface area contributed by atoms with Crippen molar-refractivity contribution in [3.63, 3.8) is 0 Å². The molecule has 1 aromatic heterocycles. The van der Waals surface area contributed by atoms with Gasteiger partial charge in [0.15, 0.2) is 5.82 Å². The molecule has 0 amide bonds. The van der Waals surface area contributed by atoms with Gasteiger partial charge in [0, 0.05) is 37.4 Å². The zero-order chi connectivity index (χ0) is 16.9. The first-order chi connectivity index (χ1) is 12.4. The summed E-state index contributed by atoms with van der Waals surface area (Å²) in [5, 5.41) is 11.9. The van der Waals surface area contributed by atoms with Crippen LogP contribution in [0.15, 0.2) is 42.6 Å². The minimum absolute atomic E-state index is 0.483. The van der Waals surface area contributed by atoms with E-state index in [1.807, 2.05) is 12.1 Å². The van der Waals surface area contributed by atoms with Crippen LogP contribution >= 0.6 is 0 Å². The van der Waals surface area contributed by atoms with Gasteiger partial charge in [0.1, 0.15) is 5.75 Å². The van der Waals surface area contributed by atoms with Crippen molar-refractivity contribution in [2.45, 2.75) is 38.3 Å². The molecule has 2 aliphatic rings. The zero-order valence-electron chi connectivity index (χ0n) is 14.6. The molecule has 1 aliphatic heterocycles. The fraction of sp³-hybridized carbons (Fsp3) is 0.500. The highest BCUT2D eigenvalue weighted by Gasteiger charge is 2.25. The summed E-state index contributed by atoms with van der Waals surface area (Å²) < 4.78 is 6.01. The maximum Gasteiger partial charge on any atom is 0.151 e. The maximum atomic E-state index is 6.01. The molecule has 2 heterocycles. The third-order valence-electron chi connectivity index (χ3n) is 5.07. The van der Waals surface area contributed by atoms with Gasteiger partial charge < -0.3 is 15.0 Å². The van der Waals surface area contributed by atoms with E-state index < -0.39 is 0 Å². The second-order valence-electron chi connectivity index (χ2n) is 7.06. The van der Waals surface area contributed by atoms with Crippen LogP contribution in [0.3, 0.4) is 0 Å². The van der Waals surface area contributed by atoms with Crippen molar-refractivity contribution in [1.29, 1.82) is 0 Å². The van der Waals surface area contributed by atoms with E-state index in [2.05, 4.69) is 44.7 Å². The number of benzene rings is 1. The van der Waals surface area contributed by atoms with E-state index in [1.54, 1.807) is 6.20 Å². The summed E-state index contributed by atoms with van der Waals surface area (Å²) in [7, 11) is 0. The smallest absolute Gasteiger partial charge is 0.151 e. The minimum atomic E-state index is 0.483. The normalized spacial score (nSPS) is 20.0. The van der Waals surface area contributed by atoms with Gasteiger partial charge in [0.25, 0.3) is 0 Å². The molecule has 0 spiro atoms. The Morgan fingerprint density at radius 1 is 1.12 bits per heavy atom. The van der Waals surface area contributed by atoms with Crippen LogP contribution in [0.1, 0.15) is 31.2 Å². The molecular weight excluding hydrogens is 312 g/mol. The van der Waals surface area contributed by atoms with Gasteiger partial charge in [0.2, 0.25) is 0 Å². The SMILES string of the molecule is c1cnnc(N2CCC[C@H]2CNCc2ccccc2OCC2CC2)c1. The van der Waals surface area contributed by atoms with Gasteiger partial charge in [-0.15, -0.1) is 5.10 Å². The minimum Gasteiger partial charge on any atom is -0.493 e. The number of hydrogen-bond donors (Lipinski definition) is 1. The Kier molecular flexibility index (Phi) is 5.11. The number of hydrogen-bond acceptors (Lipinski definition) is 5. The van der Waals surface area contributed by atoms with E-state index >= 15 is 0 Å². The molecule has 1 aliphatic carbocycles. The number of ether oxygens (including phenoxy) is 1. The lowest BCUT2D eigenvalue weighted by atomic mass is 10.1. The topological polar surface area (TPSA) is 50.3 Å². The third-order valence-corrected chi connectivity index (χ3v) is 5.07. The Bertz CT molecular complexity index is 674. The molecule has 0 unspecified atom stereocenters. The van der Waals surface area contributed by atoms with Crippen molar-refractivity contribution in [2.75, 3.05) is 24.6 Å². The molecule has 2 fully saturated rings. The monoisotopic (exact) mass is 338 g/mol. The van der Waals surface area contributed by atoms with E-state index in [0.29, 0.717) is 6.04 Å². The summed E-state index contributed by atoms with van der Waals surface area (Å²) in [4.78, 5) is 2.37. The largest absolute Gasteiger partial charge is 0.493 e. The van der Waals surface area contributed by atoms with Gasteiger partial charge in [-0.2, -0.15) is 5.10 Å². The second-order valence-corrected chi connectivity index (χ2v) is 7.06. The Morgan fingerprint density at radius 3 is 2.88 bits per heavy atom. The quantitative estimate of drug-likeness (QED) is 0.802. The van der Waals surface area contributed by atoms with Gasteiger partial charge >= 0.3 is 0 Å². The van der Waals surface area contributed by atoms with Crippen molar-refractivity contribution in [1.82, 2.24) is 15.5 Å². The van der Waals surface area contributed by atoms with Crippen LogP contribution in [0.5, 0.6) is 5.75 Å². The van der Waals surface area contributed by atoms with Crippen molar-refractivity contribution < 1.29 is 4.74 Å². The summed E-state index contributed by atoms with van der Waals surface area (Å²) in [6, 6.07) is 12.9. The van der Waals surface area contributed by atoms with E-state index in [1.165, 1.54) is 31.2 Å². The Labute approximate surface area is 149 Å². The predicted octanol–water partition coefficient (Wildman–Crippen LogP) is 3.02. The predicted molar refractivity (Wildman–Crippen MR) is 98.8 cm³/mol. The summed E-state index contributed by atoms with van der Waals surface area (Å²) >= 11 is 0. The lowest BCUT2D eigenvalue weighted by Gasteiger charge is -2.25. The Morgan fingerprint density at radius 2 is 2.04 bits per heavy atom. The Hall–Kier alpha value is -2.14. The van der Waals surface area contributed by atoms with E-state index in [0.717, 1.165) is 43.7 Å². The number of nitrogens with zero attached hydrogens (tertiary/aromatic N) is 3. The first-order valence-corrected chi connectivity index (χ1v) is 9.36. The van der Waals surface area contributed by atoms with Crippen LogP contribution < -0.4 is 15.0 Å². The summed E-state index contributed by atoms with van der Waals surface area (Å²) in [6.45, 7) is 3.71. The third kappa shape index (κ3) is 4.28. The molecule has 1 atom stereocenters. The van der Waals surface area contributed by atoms with Crippen molar-refractivity contribution in [2.24, 2.45) is 5.92 Å². The van der Waals surface area contributed by atoms with Crippen molar-refractivity contribution in [3.8, 4) is 5.75 Å². The summed E-state index contributed by atoms with van der Waals surface area (Å²) in [5.74, 6) is 2.79. The molecule has 132 valence electrons. The van der Waals surface area contributed by atoms with Crippen LogP contribution in [0, 0.1) is 5.92 Å². The molecule has 5 nitrogen and oxygen atoms in total. The number of para-hydroxylation sites is 1. The fourth-order valence-electron chi connectivity index (χ4n) is 3.45. The zero-order valence-corrected chi connectivity index (χ0v) is 14.6. The maximum absolute atomic E-state index is 6.01. The van der Waals surface area contributed by atoms with Gasteiger partial charge in [-0.25, -0.2) is 0 Å². The summed E-state index contributed by atoms with van der Waals surface area (Å²) in [6.07, 6.45) is 6.78. The molecule has 4 rings (SSSR count). The van der Waals surface area contributed by atoms with Gasteiger partial charge in [-0.3, -0.25) is 0 Å². The molecule has 1 aromatic carbocycles.